The van der Waals surface area contributed by atoms with Crippen LogP contribution in [0.5, 0.6) is 0 Å². The third-order valence-electron chi connectivity index (χ3n) is 4.29. The molecular weight excluding hydrogens is 248 g/mol. The topological polar surface area (TPSA) is 26.7 Å². The average molecular weight is 276 g/mol. The maximum absolute atomic E-state index is 10.4. The molecule has 0 spiro atoms. The first-order valence-corrected chi connectivity index (χ1v) is 7.64. The molecule has 2 rings (SSSR count). The zero-order valence-electron chi connectivity index (χ0n) is 13.3. The van der Waals surface area contributed by atoms with Crippen LogP contribution in [0.2, 0.25) is 0 Å². The van der Waals surface area contributed by atoms with E-state index >= 15 is 0 Å². The van der Waals surface area contributed by atoms with Crippen molar-refractivity contribution in [1.29, 1.82) is 0 Å². The van der Waals surface area contributed by atoms with E-state index in [9.17, 15) is 5.11 Å². The molecule has 0 bridgehead atoms. The van der Waals surface area contributed by atoms with Gasteiger partial charge in [0.25, 0.3) is 0 Å². The highest BCUT2D eigenvalue weighted by molar-refractivity contribution is 5.29. The van der Waals surface area contributed by atoms with Crippen molar-refractivity contribution in [2.24, 2.45) is 0 Å². The molecule has 0 radical (unpaired) electrons. The van der Waals surface area contributed by atoms with Crippen LogP contribution in [0.3, 0.4) is 0 Å². The first-order valence-electron chi connectivity index (χ1n) is 7.64. The van der Waals surface area contributed by atoms with Crippen molar-refractivity contribution in [2.45, 2.75) is 39.3 Å². The summed E-state index contributed by atoms with van der Waals surface area (Å²) in [5.41, 5.74) is 3.52. The minimum Gasteiger partial charge on any atom is -0.388 e. The molecule has 0 saturated carbocycles. The fourth-order valence-corrected chi connectivity index (χ4v) is 3.17. The molecule has 112 valence electrons. The van der Waals surface area contributed by atoms with Crippen LogP contribution < -0.4 is 0 Å². The van der Waals surface area contributed by atoms with Gasteiger partial charge in [-0.25, -0.2) is 0 Å². The van der Waals surface area contributed by atoms with E-state index in [0.717, 1.165) is 38.2 Å². The molecule has 1 saturated heterocycles. The Morgan fingerprint density at radius 1 is 1.20 bits per heavy atom. The molecule has 1 aliphatic rings. The van der Waals surface area contributed by atoms with Crippen LogP contribution in [0.25, 0.3) is 0 Å². The smallest absolute Gasteiger partial charge is 0.0802 e. The van der Waals surface area contributed by atoms with E-state index in [-0.39, 0.29) is 6.10 Å². The van der Waals surface area contributed by atoms with Gasteiger partial charge in [-0.05, 0) is 39.8 Å². The van der Waals surface area contributed by atoms with E-state index in [4.69, 9.17) is 0 Å². The van der Waals surface area contributed by atoms with Crippen LogP contribution in [0.15, 0.2) is 18.2 Å². The van der Waals surface area contributed by atoms with Gasteiger partial charge in [0.05, 0.1) is 6.10 Å². The second-order valence-electron chi connectivity index (χ2n) is 6.37. The predicted octanol–water partition coefficient (Wildman–Crippen LogP) is 2.36. The molecule has 1 aromatic carbocycles. The van der Waals surface area contributed by atoms with Gasteiger partial charge in [0.2, 0.25) is 0 Å². The standard InChI is InChI=1S/C17H28N2O/c1-13-9-14(2)11-16(10-13)17(20)5-6-19-8-7-18(4)12-15(19)3/h9-11,15,17,20H,5-8,12H2,1-4H3. The van der Waals surface area contributed by atoms with Crippen molar-refractivity contribution in [3.8, 4) is 0 Å². The molecule has 0 amide bonds. The Hall–Kier alpha value is -0.900. The lowest BCUT2D eigenvalue weighted by molar-refractivity contribution is 0.0769. The second-order valence-corrected chi connectivity index (χ2v) is 6.37. The van der Waals surface area contributed by atoms with Gasteiger partial charge in [-0.2, -0.15) is 0 Å². The minimum absolute atomic E-state index is 0.347. The van der Waals surface area contributed by atoms with Gasteiger partial charge >= 0.3 is 0 Å². The number of aliphatic hydroxyl groups excluding tert-OH is 1. The maximum atomic E-state index is 10.4. The fourth-order valence-electron chi connectivity index (χ4n) is 3.17. The third kappa shape index (κ3) is 4.05. The van der Waals surface area contributed by atoms with Crippen LogP contribution in [0.4, 0.5) is 0 Å². The van der Waals surface area contributed by atoms with Gasteiger partial charge in [-0.3, -0.25) is 4.90 Å². The normalized spacial score (nSPS) is 22.9. The molecule has 2 unspecified atom stereocenters. The van der Waals surface area contributed by atoms with Gasteiger partial charge in [0.1, 0.15) is 0 Å². The number of hydrogen-bond donors (Lipinski definition) is 1. The summed E-state index contributed by atoms with van der Waals surface area (Å²) in [4.78, 5) is 4.87. The van der Waals surface area contributed by atoms with Crippen molar-refractivity contribution in [3.05, 3.63) is 34.9 Å². The molecule has 1 aromatic rings. The SMILES string of the molecule is Cc1cc(C)cc(C(O)CCN2CCN(C)CC2C)c1. The number of piperazine rings is 1. The van der Waals surface area contributed by atoms with Crippen LogP contribution in [0.1, 0.15) is 36.1 Å². The summed E-state index contributed by atoms with van der Waals surface area (Å²) in [7, 11) is 2.18. The lowest BCUT2D eigenvalue weighted by atomic mass is 10.0. The highest BCUT2D eigenvalue weighted by Crippen LogP contribution is 2.21. The Morgan fingerprint density at radius 3 is 2.45 bits per heavy atom. The number of hydrogen-bond acceptors (Lipinski definition) is 3. The summed E-state index contributed by atoms with van der Waals surface area (Å²) >= 11 is 0. The van der Waals surface area contributed by atoms with Crippen LogP contribution in [0, 0.1) is 13.8 Å². The van der Waals surface area contributed by atoms with Crippen molar-refractivity contribution < 1.29 is 5.11 Å². The highest BCUT2D eigenvalue weighted by Gasteiger charge is 2.22. The zero-order chi connectivity index (χ0) is 14.7. The summed E-state index contributed by atoms with van der Waals surface area (Å²) in [6.07, 6.45) is 0.470. The Bertz CT molecular complexity index is 426. The Labute approximate surface area is 123 Å². The van der Waals surface area contributed by atoms with Gasteiger partial charge in [-0.1, -0.05) is 29.3 Å². The quantitative estimate of drug-likeness (QED) is 0.914. The van der Waals surface area contributed by atoms with Gasteiger partial charge in [0.15, 0.2) is 0 Å². The van der Waals surface area contributed by atoms with E-state index < -0.39 is 0 Å². The van der Waals surface area contributed by atoms with E-state index in [0.29, 0.717) is 6.04 Å². The van der Waals surface area contributed by atoms with Crippen molar-refractivity contribution in [1.82, 2.24) is 9.80 Å². The van der Waals surface area contributed by atoms with Crippen LogP contribution >= 0.6 is 0 Å². The van der Waals surface area contributed by atoms with Gasteiger partial charge < -0.3 is 10.0 Å². The second kappa shape index (κ2) is 6.70. The van der Waals surface area contributed by atoms with E-state index in [1.165, 1.54) is 11.1 Å². The molecule has 3 nitrogen and oxygen atoms in total. The molecule has 20 heavy (non-hydrogen) atoms. The number of aliphatic hydroxyl groups is 1. The molecule has 1 heterocycles. The molecule has 3 heteroatoms. The highest BCUT2D eigenvalue weighted by atomic mass is 16.3. The number of rotatable bonds is 4. The summed E-state index contributed by atoms with van der Waals surface area (Å²) in [6, 6.07) is 6.94. The van der Waals surface area contributed by atoms with E-state index in [2.05, 4.69) is 55.8 Å². The van der Waals surface area contributed by atoms with Gasteiger partial charge in [0, 0.05) is 32.2 Å². The summed E-state index contributed by atoms with van der Waals surface area (Å²) in [6.45, 7) is 10.8. The minimum atomic E-state index is -0.347. The summed E-state index contributed by atoms with van der Waals surface area (Å²) in [5, 5.41) is 10.4. The molecular formula is C17H28N2O. The molecule has 1 fully saturated rings. The molecule has 0 aliphatic carbocycles. The zero-order valence-corrected chi connectivity index (χ0v) is 13.3. The number of likely N-dealkylation sites (N-methyl/N-ethyl adjacent to an activating group) is 1. The van der Waals surface area contributed by atoms with Gasteiger partial charge in [-0.15, -0.1) is 0 Å². The number of benzene rings is 1. The molecule has 1 N–H and O–H groups in total. The Balaban J connectivity index is 1.90. The van der Waals surface area contributed by atoms with E-state index in [1.807, 2.05) is 0 Å². The third-order valence-corrected chi connectivity index (χ3v) is 4.29. The average Bonchev–Trinajstić information content (AvgIpc) is 2.36. The van der Waals surface area contributed by atoms with Crippen molar-refractivity contribution in [2.75, 3.05) is 33.2 Å². The number of aryl methyl sites for hydroxylation is 2. The Kier molecular flexibility index (Phi) is 5.19. The molecule has 0 aromatic heterocycles. The lowest BCUT2D eigenvalue weighted by Crippen LogP contribution is -2.50. The fraction of sp³-hybridized carbons (Fsp3) is 0.647. The number of nitrogens with zero attached hydrogens (tertiary/aromatic N) is 2. The van der Waals surface area contributed by atoms with E-state index in [1.54, 1.807) is 0 Å². The Morgan fingerprint density at radius 2 is 1.85 bits per heavy atom. The first kappa shape index (κ1) is 15.5. The summed E-state index contributed by atoms with van der Waals surface area (Å²) in [5.74, 6) is 0. The van der Waals surface area contributed by atoms with Crippen LogP contribution in [-0.2, 0) is 0 Å². The summed E-state index contributed by atoms with van der Waals surface area (Å²) < 4.78 is 0. The monoisotopic (exact) mass is 276 g/mol. The lowest BCUT2D eigenvalue weighted by Gasteiger charge is -2.38. The molecule has 2 atom stereocenters. The first-order chi connectivity index (χ1) is 9.45. The van der Waals surface area contributed by atoms with Crippen molar-refractivity contribution >= 4 is 0 Å². The largest absolute Gasteiger partial charge is 0.388 e. The molecule has 1 aliphatic heterocycles. The predicted molar refractivity (Wildman–Crippen MR) is 84.0 cm³/mol. The van der Waals surface area contributed by atoms with Crippen LogP contribution in [-0.4, -0.2) is 54.2 Å². The van der Waals surface area contributed by atoms with Crippen molar-refractivity contribution in [3.63, 3.8) is 0 Å². The maximum Gasteiger partial charge on any atom is 0.0802 e.